The third kappa shape index (κ3) is 18.5. The number of hydrogen-bond donors (Lipinski definition) is 4. The van der Waals surface area contributed by atoms with E-state index in [4.69, 9.17) is 0 Å². The number of unbranched alkanes of at least 4 members (excludes halogenated alkanes) is 8. The van der Waals surface area contributed by atoms with Crippen LogP contribution in [-0.4, -0.2) is 45.3 Å². The van der Waals surface area contributed by atoms with E-state index in [-0.39, 0.29) is 11.5 Å². The molecular formula is C69H83F3N4O4. The Bertz CT molecular complexity index is 2950. The van der Waals surface area contributed by atoms with Gasteiger partial charge in [-0.3, -0.25) is 20.0 Å². The molecule has 6 aromatic carbocycles. The molecule has 0 aromatic heterocycles. The number of hydrogen-bond acceptors (Lipinski definition) is 8. The molecular weight excluding hydrogens is 1010 g/mol. The van der Waals surface area contributed by atoms with Crippen LogP contribution in [0.5, 0.6) is 23.0 Å². The quantitative estimate of drug-likeness (QED) is 0.0398. The molecule has 0 radical (unpaired) electrons. The second-order valence-electron chi connectivity index (χ2n) is 22.3. The first-order valence-corrected chi connectivity index (χ1v) is 29.3. The van der Waals surface area contributed by atoms with Gasteiger partial charge in [-0.2, -0.15) is 13.2 Å². The molecule has 80 heavy (non-hydrogen) atoms. The van der Waals surface area contributed by atoms with Crippen molar-refractivity contribution in [2.75, 3.05) is 0 Å². The van der Waals surface area contributed by atoms with Gasteiger partial charge < -0.3 is 20.4 Å². The van der Waals surface area contributed by atoms with Crippen molar-refractivity contribution < 1.29 is 33.6 Å². The molecule has 2 saturated carbocycles. The second kappa shape index (κ2) is 30.5. The number of aryl methyl sites for hydroxylation is 6. The van der Waals surface area contributed by atoms with Crippen molar-refractivity contribution in [2.45, 2.75) is 187 Å². The van der Waals surface area contributed by atoms with Crippen molar-refractivity contribution in [3.05, 3.63) is 164 Å². The molecule has 0 saturated heterocycles. The fourth-order valence-electron chi connectivity index (χ4n) is 11.1. The lowest BCUT2D eigenvalue weighted by atomic mass is 9.83. The van der Waals surface area contributed by atoms with Crippen LogP contribution in [0.3, 0.4) is 0 Å². The third-order valence-corrected chi connectivity index (χ3v) is 15.6. The SMILES string of the molecule is Cc1cc(N=CCCCCCCC=Nc2cc(C)cc(C3CCCCC3)c2O)c(O)c(C2CCCCC2)c1.Cc1ccc(C=Nc2cc(C)cc(CCCCCCc3cccc(N=Cc4ccc(C(F)(F)F)cc4)c3O)c2O)cc1. The Balaban J connectivity index is 0.000000232. The molecule has 4 N–H and O–H groups in total. The van der Waals surface area contributed by atoms with Crippen LogP contribution in [0.15, 0.2) is 123 Å². The monoisotopic (exact) mass is 1090 g/mol. The zero-order valence-electron chi connectivity index (χ0n) is 47.5. The largest absolute Gasteiger partial charge is 0.505 e. The fraction of sp³-hybridized carbons (Fsp3) is 0.420. The van der Waals surface area contributed by atoms with Crippen LogP contribution < -0.4 is 0 Å². The summed E-state index contributed by atoms with van der Waals surface area (Å²) in [5.41, 5.74) is 11.7. The molecule has 424 valence electrons. The third-order valence-electron chi connectivity index (χ3n) is 15.6. The Hall–Kier alpha value is -7.01. The van der Waals surface area contributed by atoms with Gasteiger partial charge in [-0.1, -0.05) is 137 Å². The molecule has 0 aliphatic heterocycles. The Morgan fingerprint density at radius 1 is 0.425 bits per heavy atom. The van der Waals surface area contributed by atoms with E-state index in [9.17, 15) is 33.6 Å². The summed E-state index contributed by atoms with van der Waals surface area (Å²) in [5, 5.41) is 43.2. The highest BCUT2D eigenvalue weighted by atomic mass is 19.4. The van der Waals surface area contributed by atoms with Gasteiger partial charge in [0.25, 0.3) is 0 Å². The first-order chi connectivity index (χ1) is 38.6. The Morgan fingerprint density at radius 2 is 0.850 bits per heavy atom. The number of para-hydroxylation sites is 1. The Morgan fingerprint density at radius 3 is 1.35 bits per heavy atom. The summed E-state index contributed by atoms with van der Waals surface area (Å²) in [6.07, 6.45) is 26.7. The van der Waals surface area contributed by atoms with Gasteiger partial charge in [0.05, 0.1) is 5.56 Å². The molecule has 0 spiro atoms. The topological polar surface area (TPSA) is 130 Å². The van der Waals surface area contributed by atoms with Crippen LogP contribution in [-0.2, 0) is 19.0 Å². The molecule has 2 aliphatic carbocycles. The molecule has 0 amide bonds. The van der Waals surface area contributed by atoms with Crippen molar-refractivity contribution in [2.24, 2.45) is 20.0 Å². The van der Waals surface area contributed by atoms with Gasteiger partial charge >= 0.3 is 6.18 Å². The number of alkyl halides is 3. The fourth-order valence-corrected chi connectivity index (χ4v) is 11.1. The lowest BCUT2D eigenvalue weighted by Gasteiger charge is -2.23. The highest BCUT2D eigenvalue weighted by molar-refractivity contribution is 5.84. The van der Waals surface area contributed by atoms with Crippen molar-refractivity contribution >= 4 is 47.6 Å². The Kier molecular flexibility index (Phi) is 23.1. The molecule has 11 heteroatoms. The predicted octanol–water partition coefficient (Wildman–Crippen LogP) is 19.8. The molecule has 0 heterocycles. The maximum absolute atomic E-state index is 12.8. The van der Waals surface area contributed by atoms with Gasteiger partial charge in [-0.15, -0.1) is 0 Å². The number of rotatable bonds is 22. The summed E-state index contributed by atoms with van der Waals surface area (Å²) < 4.78 is 38.3. The van der Waals surface area contributed by atoms with Gasteiger partial charge in [0.2, 0.25) is 0 Å². The molecule has 2 fully saturated rings. The first kappa shape index (κ1) is 60.6. The zero-order chi connectivity index (χ0) is 56.9. The maximum Gasteiger partial charge on any atom is 0.416 e. The standard InChI is InChI=1S/C35H35F3N2O2.C34H48N2O2/c1-24-12-14-26(15-13-24)23-40-32-21-25(2)20-29(34(32)42)9-6-4-3-5-8-28-10-7-11-31(33(28)41)39-22-27-16-18-30(19-17-27)35(36,37)38;1-25-21-29(27-15-9-7-10-16-27)33(37)31(23-25)35-19-13-5-3-4-6-14-20-36-32-24-26(2)22-30(34(32)38)28-17-11-8-12-18-28/h7,10-23,41-42H,3-6,8-9H2,1-2H3;19-24,27-28,37-38H,3-18H2,1-2H3. The van der Waals surface area contributed by atoms with Crippen LogP contribution in [0.2, 0.25) is 0 Å². The summed E-state index contributed by atoms with van der Waals surface area (Å²) in [5.74, 6) is 2.06. The van der Waals surface area contributed by atoms with Crippen molar-refractivity contribution in [1.29, 1.82) is 0 Å². The molecule has 0 unspecified atom stereocenters. The number of benzene rings is 6. The predicted molar refractivity (Wildman–Crippen MR) is 325 cm³/mol. The van der Waals surface area contributed by atoms with Gasteiger partial charge in [0, 0.05) is 24.9 Å². The average Bonchev–Trinajstić information content (AvgIpc) is 3.46. The average molecular weight is 1090 g/mol. The van der Waals surface area contributed by atoms with E-state index < -0.39 is 11.7 Å². The van der Waals surface area contributed by atoms with E-state index in [0.717, 1.165) is 128 Å². The summed E-state index contributed by atoms with van der Waals surface area (Å²) in [6.45, 7) is 8.24. The summed E-state index contributed by atoms with van der Waals surface area (Å²) >= 11 is 0. The normalized spacial score (nSPS) is 14.7. The van der Waals surface area contributed by atoms with Crippen LogP contribution >= 0.6 is 0 Å². The summed E-state index contributed by atoms with van der Waals surface area (Å²) in [4.78, 5) is 18.1. The maximum atomic E-state index is 12.8. The van der Waals surface area contributed by atoms with E-state index in [1.807, 2.05) is 86.9 Å². The van der Waals surface area contributed by atoms with E-state index in [2.05, 4.69) is 45.9 Å². The van der Waals surface area contributed by atoms with Gasteiger partial charge in [-0.05, 0) is 203 Å². The van der Waals surface area contributed by atoms with Crippen LogP contribution in [0.25, 0.3) is 0 Å². The first-order valence-electron chi connectivity index (χ1n) is 29.3. The van der Waals surface area contributed by atoms with Crippen molar-refractivity contribution in [3.8, 4) is 23.0 Å². The molecule has 6 aromatic rings. The lowest BCUT2D eigenvalue weighted by Crippen LogP contribution is -2.05. The minimum absolute atomic E-state index is 0.0871. The second-order valence-corrected chi connectivity index (χ2v) is 22.3. The molecule has 0 atom stereocenters. The van der Waals surface area contributed by atoms with Crippen molar-refractivity contribution in [3.63, 3.8) is 0 Å². The number of phenols is 4. The van der Waals surface area contributed by atoms with Gasteiger partial charge in [-0.25, -0.2) is 0 Å². The zero-order valence-corrected chi connectivity index (χ0v) is 47.5. The number of halogens is 3. The van der Waals surface area contributed by atoms with Gasteiger partial charge in [0.15, 0.2) is 0 Å². The molecule has 0 bridgehead atoms. The molecule has 8 nitrogen and oxygen atoms in total. The van der Waals surface area contributed by atoms with E-state index in [1.54, 1.807) is 12.3 Å². The highest BCUT2D eigenvalue weighted by Gasteiger charge is 2.30. The van der Waals surface area contributed by atoms with Crippen LogP contribution in [0.4, 0.5) is 35.9 Å². The summed E-state index contributed by atoms with van der Waals surface area (Å²) in [7, 11) is 0. The van der Waals surface area contributed by atoms with E-state index in [1.165, 1.54) is 99.2 Å². The number of nitrogens with zero attached hydrogens (tertiary/aromatic N) is 4. The smallest absolute Gasteiger partial charge is 0.416 e. The number of aromatic hydroxyl groups is 4. The van der Waals surface area contributed by atoms with Gasteiger partial charge in [0.1, 0.15) is 45.7 Å². The number of phenolic OH excluding ortho intramolecular Hbond substituents is 4. The van der Waals surface area contributed by atoms with Crippen molar-refractivity contribution in [1.82, 2.24) is 0 Å². The highest BCUT2D eigenvalue weighted by Crippen LogP contribution is 2.44. The molecule has 8 rings (SSSR count). The van der Waals surface area contributed by atoms with Crippen LogP contribution in [0, 0.1) is 27.7 Å². The van der Waals surface area contributed by atoms with E-state index in [0.29, 0.717) is 46.7 Å². The number of aliphatic imine (C=N–C) groups is 4. The summed E-state index contributed by atoms with van der Waals surface area (Å²) in [6, 6.07) is 30.3. The minimum atomic E-state index is -4.38. The minimum Gasteiger partial charge on any atom is -0.505 e. The van der Waals surface area contributed by atoms with E-state index >= 15 is 0 Å². The van der Waals surface area contributed by atoms with Crippen LogP contribution in [0.1, 0.15) is 201 Å². The molecule has 2 aliphatic rings. The lowest BCUT2D eigenvalue weighted by molar-refractivity contribution is -0.137. The Labute approximate surface area is 473 Å².